The molecule has 1 saturated heterocycles. The summed E-state index contributed by atoms with van der Waals surface area (Å²) in [6, 6.07) is 11.8. The van der Waals surface area contributed by atoms with E-state index in [4.69, 9.17) is 30.2 Å². The Hall–Kier alpha value is -3.91. The van der Waals surface area contributed by atoms with Gasteiger partial charge in [0.05, 0.1) is 24.0 Å². The van der Waals surface area contributed by atoms with Gasteiger partial charge in [0, 0.05) is 17.3 Å². The van der Waals surface area contributed by atoms with Crippen LogP contribution >= 0.6 is 11.6 Å². The summed E-state index contributed by atoms with van der Waals surface area (Å²) < 4.78 is 21.9. The van der Waals surface area contributed by atoms with Crippen LogP contribution in [0.5, 0.6) is 17.2 Å². The Morgan fingerprint density at radius 1 is 1.09 bits per heavy atom. The van der Waals surface area contributed by atoms with E-state index < -0.39 is 17.7 Å². The number of hydrogen-bond acceptors (Lipinski definition) is 7. The number of ether oxygens (including phenoxy) is 3. The number of benzene rings is 2. The van der Waals surface area contributed by atoms with Gasteiger partial charge in [0.25, 0.3) is 11.7 Å². The zero-order valence-electron chi connectivity index (χ0n) is 17.4. The summed E-state index contributed by atoms with van der Waals surface area (Å²) >= 11 is 6.21. The number of anilines is 1. The first kappa shape index (κ1) is 21.0. The molecule has 2 aliphatic rings. The number of hydrogen-bond donors (Lipinski definition) is 1. The van der Waals surface area contributed by atoms with Crippen LogP contribution in [-0.2, 0) is 9.59 Å². The Bertz CT molecular complexity index is 1280. The molecule has 3 heterocycles. The second-order valence-corrected chi connectivity index (χ2v) is 7.77. The maximum absolute atomic E-state index is 13.2. The van der Waals surface area contributed by atoms with Crippen LogP contribution in [0.25, 0.3) is 5.76 Å². The van der Waals surface area contributed by atoms with Gasteiger partial charge in [-0.2, -0.15) is 0 Å². The number of fused-ring (bicyclic) bond motifs is 1. The fourth-order valence-electron chi connectivity index (χ4n) is 3.97. The Morgan fingerprint density at radius 3 is 2.58 bits per heavy atom. The molecular formula is C24H18ClNO7. The number of aliphatic hydroxyl groups excluding tert-OH is 1. The molecule has 1 unspecified atom stereocenters. The van der Waals surface area contributed by atoms with Crippen molar-refractivity contribution in [2.45, 2.75) is 6.04 Å². The van der Waals surface area contributed by atoms with Gasteiger partial charge in [0.2, 0.25) is 0 Å². The third-order valence-corrected chi connectivity index (χ3v) is 5.78. The summed E-state index contributed by atoms with van der Waals surface area (Å²) in [6.45, 7) is 0.794. The minimum Gasteiger partial charge on any atom is -0.507 e. The molecule has 3 aromatic rings. The molecule has 1 amide bonds. The van der Waals surface area contributed by atoms with Crippen molar-refractivity contribution >= 4 is 34.7 Å². The molecule has 1 N–H and O–H groups in total. The molecule has 0 saturated carbocycles. The number of furan rings is 1. The van der Waals surface area contributed by atoms with Gasteiger partial charge in [-0.1, -0.05) is 11.6 Å². The van der Waals surface area contributed by atoms with Crippen molar-refractivity contribution in [3.05, 3.63) is 76.7 Å². The monoisotopic (exact) mass is 467 g/mol. The van der Waals surface area contributed by atoms with E-state index in [0.29, 0.717) is 41.9 Å². The summed E-state index contributed by atoms with van der Waals surface area (Å²) in [4.78, 5) is 27.6. The third-order valence-electron chi connectivity index (χ3n) is 5.49. The van der Waals surface area contributed by atoms with Crippen LogP contribution in [0.1, 0.15) is 17.4 Å². The highest BCUT2D eigenvalue weighted by Gasteiger charge is 2.48. The number of rotatable bonds is 4. The Labute approximate surface area is 193 Å². The number of aliphatic hydroxyl groups is 1. The number of Topliss-reactive ketones (excluding diaryl/α,β-unsaturated/α-hetero) is 1. The highest BCUT2D eigenvalue weighted by Crippen LogP contribution is 2.45. The van der Waals surface area contributed by atoms with Crippen LogP contribution in [0.3, 0.4) is 0 Å². The van der Waals surface area contributed by atoms with Crippen LogP contribution in [0.2, 0.25) is 5.02 Å². The largest absolute Gasteiger partial charge is 0.507 e. The first-order valence-corrected chi connectivity index (χ1v) is 10.5. The molecule has 5 rings (SSSR count). The first-order valence-electron chi connectivity index (χ1n) is 10.1. The van der Waals surface area contributed by atoms with Crippen molar-refractivity contribution in [2.75, 3.05) is 25.2 Å². The van der Waals surface area contributed by atoms with E-state index in [9.17, 15) is 14.7 Å². The number of carbonyl (C=O) groups excluding carboxylic acids is 2. The van der Waals surface area contributed by atoms with Gasteiger partial charge in [-0.3, -0.25) is 14.5 Å². The SMILES string of the molecule is COc1ccc(/C(O)=C2/C(=O)C(=O)N(c3ccc4c(c3)OCCO4)C2c2ccco2)cc1Cl. The number of halogens is 1. The number of ketones is 1. The predicted octanol–water partition coefficient (Wildman–Crippen LogP) is 4.34. The van der Waals surface area contributed by atoms with E-state index in [1.165, 1.54) is 24.3 Å². The molecule has 9 heteroatoms. The average molecular weight is 468 g/mol. The number of carbonyl (C=O) groups is 2. The molecule has 1 atom stereocenters. The van der Waals surface area contributed by atoms with Crippen molar-refractivity contribution in [3.8, 4) is 17.2 Å². The van der Waals surface area contributed by atoms with E-state index >= 15 is 0 Å². The van der Waals surface area contributed by atoms with E-state index in [0.717, 1.165) is 0 Å². The highest BCUT2D eigenvalue weighted by atomic mass is 35.5. The number of nitrogens with zero attached hydrogens (tertiary/aromatic N) is 1. The fraction of sp³-hybridized carbons (Fsp3) is 0.167. The Morgan fingerprint density at radius 2 is 1.88 bits per heavy atom. The molecule has 2 aromatic carbocycles. The van der Waals surface area contributed by atoms with E-state index in [2.05, 4.69) is 0 Å². The first-order chi connectivity index (χ1) is 16.0. The van der Waals surface area contributed by atoms with Crippen molar-refractivity contribution in [1.82, 2.24) is 0 Å². The summed E-state index contributed by atoms with van der Waals surface area (Å²) in [5, 5.41) is 11.4. The second-order valence-electron chi connectivity index (χ2n) is 7.36. The molecule has 8 nitrogen and oxygen atoms in total. The standard InChI is InChI=1S/C24H18ClNO7/c1-30-16-6-4-13(11-15(16)25)22(27)20-21(18-3-2-8-31-18)26(24(29)23(20)28)14-5-7-17-19(12-14)33-10-9-32-17/h2-8,11-12,21,27H,9-10H2,1H3/b22-20-. The van der Waals surface area contributed by atoms with Crippen LogP contribution in [-0.4, -0.2) is 37.1 Å². The second kappa shape index (κ2) is 8.22. The van der Waals surface area contributed by atoms with Gasteiger partial charge in [0.1, 0.15) is 36.5 Å². The Balaban J connectivity index is 1.66. The van der Waals surface area contributed by atoms with Gasteiger partial charge >= 0.3 is 0 Å². The van der Waals surface area contributed by atoms with Gasteiger partial charge in [0.15, 0.2) is 11.5 Å². The lowest BCUT2D eigenvalue weighted by atomic mass is 9.99. The summed E-state index contributed by atoms with van der Waals surface area (Å²) in [7, 11) is 1.47. The van der Waals surface area contributed by atoms with E-state index in [-0.39, 0.29) is 21.9 Å². The lowest BCUT2D eigenvalue weighted by molar-refractivity contribution is -0.132. The quantitative estimate of drug-likeness (QED) is 0.346. The lowest BCUT2D eigenvalue weighted by Gasteiger charge is -2.25. The van der Waals surface area contributed by atoms with Crippen LogP contribution in [0.4, 0.5) is 5.69 Å². The zero-order chi connectivity index (χ0) is 23.1. The van der Waals surface area contributed by atoms with Gasteiger partial charge in [-0.05, 0) is 42.5 Å². The highest BCUT2D eigenvalue weighted by molar-refractivity contribution is 6.51. The maximum Gasteiger partial charge on any atom is 0.300 e. The smallest absolute Gasteiger partial charge is 0.300 e. The molecule has 0 radical (unpaired) electrons. The molecule has 0 aliphatic carbocycles. The minimum absolute atomic E-state index is 0.119. The normalized spacial score (nSPS) is 19.1. The summed E-state index contributed by atoms with van der Waals surface area (Å²) in [6.07, 6.45) is 1.43. The van der Waals surface area contributed by atoms with Crippen LogP contribution < -0.4 is 19.1 Å². The van der Waals surface area contributed by atoms with Crippen molar-refractivity contribution in [1.29, 1.82) is 0 Å². The zero-order valence-corrected chi connectivity index (χ0v) is 18.2. The molecule has 1 aromatic heterocycles. The molecular weight excluding hydrogens is 450 g/mol. The van der Waals surface area contributed by atoms with Crippen molar-refractivity contribution in [2.24, 2.45) is 0 Å². The summed E-state index contributed by atoms with van der Waals surface area (Å²) in [5.41, 5.74) is 0.540. The van der Waals surface area contributed by atoms with Crippen LogP contribution in [0, 0.1) is 0 Å². The maximum atomic E-state index is 13.2. The van der Waals surface area contributed by atoms with Crippen LogP contribution in [0.15, 0.2) is 64.8 Å². The van der Waals surface area contributed by atoms with Gasteiger partial charge in [-0.25, -0.2) is 0 Å². The summed E-state index contributed by atoms with van der Waals surface area (Å²) in [5.74, 6) is -0.313. The lowest BCUT2D eigenvalue weighted by Crippen LogP contribution is -2.29. The van der Waals surface area contributed by atoms with Crippen molar-refractivity contribution in [3.63, 3.8) is 0 Å². The molecule has 0 bridgehead atoms. The topological polar surface area (TPSA) is 98.4 Å². The molecule has 1 fully saturated rings. The average Bonchev–Trinajstić information content (AvgIpc) is 3.45. The van der Waals surface area contributed by atoms with Gasteiger partial charge in [-0.15, -0.1) is 0 Å². The third kappa shape index (κ3) is 3.48. The van der Waals surface area contributed by atoms with E-state index in [1.54, 1.807) is 42.5 Å². The Kier molecular flexibility index (Phi) is 5.22. The molecule has 168 valence electrons. The fourth-order valence-corrected chi connectivity index (χ4v) is 4.22. The number of methoxy groups -OCH3 is 1. The van der Waals surface area contributed by atoms with Gasteiger partial charge < -0.3 is 23.7 Å². The molecule has 0 spiro atoms. The molecule has 2 aliphatic heterocycles. The predicted molar refractivity (Wildman–Crippen MR) is 119 cm³/mol. The minimum atomic E-state index is -0.997. The van der Waals surface area contributed by atoms with E-state index in [1.807, 2.05) is 0 Å². The molecule has 33 heavy (non-hydrogen) atoms. The number of amides is 1. The van der Waals surface area contributed by atoms with Crippen molar-refractivity contribution < 1.29 is 33.3 Å².